The normalized spacial score (nSPS) is 10.4. The fourth-order valence-electron chi connectivity index (χ4n) is 1.48. The third kappa shape index (κ3) is 3.51. The van der Waals surface area contributed by atoms with Crippen LogP contribution in [0.25, 0.3) is 0 Å². The molecule has 0 N–H and O–H groups in total. The van der Waals surface area contributed by atoms with E-state index in [0.29, 0.717) is 17.1 Å². The molecule has 0 fully saturated rings. The van der Waals surface area contributed by atoms with E-state index in [-0.39, 0.29) is 12.2 Å². The average molecular weight is 343 g/mol. The fourth-order valence-corrected chi connectivity index (χ4v) is 2.55. The van der Waals surface area contributed by atoms with Gasteiger partial charge in [0.15, 0.2) is 0 Å². The minimum absolute atomic E-state index is 0.131. The Hall–Kier alpha value is -1.47. The van der Waals surface area contributed by atoms with Gasteiger partial charge in [-0.1, -0.05) is 0 Å². The van der Waals surface area contributed by atoms with Crippen molar-refractivity contribution in [2.45, 2.75) is 13.5 Å². The number of nitrogens with zero attached hydrogens (tertiary/aromatic N) is 2. The number of carbonyl (C=O) groups excluding carboxylic acids is 1. The molecule has 0 saturated heterocycles. The van der Waals surface area contributed by atoms with E-state index in [2.05, 4.69) is 20.9 Å². The number of hydrogen-bond acceptors (Lipinski definition) is 5. The number of rotatable bonds is 4. The van der Waals surface area contributed by atoms with Crippen LogP contribution in [0.15, 0.2) is 33.1 Å². The number of aromatic nitrogens is 2. The van der Waals surface area contributed by atoms with Crippen LogP contribution in [-0.2, 0) is 11.3 Å². The largest absolute Gasteiger partial charge is 0.460 e. The minimum atomic E-state index is -0.400. The molecule has 0 atom stereocenters. The molecule has 100 valence electrons. The highest BCUT2D eigenvalue weighted by Gasteiger charge is 2.12. The van der Waals surface area contributed by atoms with Crippen LogP contribution in [-0.4, -0.2) is 22.1 Å². The van der Waals surface area contributed by atoms with Gasteiger partial charge < -0.3 is 9.30 Å². The van der Waals surface area contributed by atoms with Crippen molar-refractivity contribution in [3.05, 3.63) is 49.2 Å². The highest BCUT2D eigenvalue weighted by Crippen LogP contribution is 2.13. The Morgan fingerprint density at radius 3 is 3.00 bits per heavy atom. The van der Waals surface area contributed by atoms with E-state index in [1.54, 1.807) is 24.7 Å². The zero-order valence-corrected chi connectivity index (χ0v) is 12.5. The Bertz CT molecular complexity index is 650. The summed E-state index contributed by atoms with van der Waals surface area (Å²) in [4.78, 5) is 27.7. The van der Waals surface area contributed by atoms with Crippen molar-refractivity contribution in [3.8, 4) is 0 Å². The van der Waals surface area contributed by atoms with Gasteiger partial charge in [-0.05, 0) is 28.9 Å². The first-order chi connectivity index (χ1) is 9.08. The Balaban J connectivity index is 1.94. The molecule has 0 amide bonds. The van der Waals surface area contributed by atoms with Gasteiger partial charge in [0, 0.05) is 16.7 Å². The van der Waals surface area contributed by atoms with Gasteiger partial charge in [0.2, 0.25) is 0 Å². The second kappa shape index (κ2) is 6.12. The van der Waals surface area contributed by atoms with E-state index < -0.39 is 5.97 Å². The monoisotopic (exact) mass is 342 g/mol. The van der Waals surface area contributed by atoms with E-state index in [9.17, 15) is 9.59 Å². The Labute approximate surface area is 122 Å². The van der Waals surface area contributed by atoms with Crippen LogP contribution < -0.4 is 5.56 Å². The van der Waals surface area contributed by atoms with Crippen molar-refractivity contribution in [1.82, 2.24) is 9.55 Å². The number of pyridine rings is 1. The summed E-state index contributed by atoms with van der Waals surface area (Å²) in [5, 5.41) is 0. The van der Waals surface area contributed by atoms with Crippen molar-refractivity contribution >= 4 is 33.2 Å². The highest BCUT2D eigenvalue weighted by molar-refractivity contribution is 9.10. The highest BCUT2D eigenvalue weighted by atomic mass is 79.9. The summed E-state index contributed by atoms with van der Waals surface area (Å²) in [7, 11) is 0. The summed E-state index contributed by atoms with van der Waals surface area (Å²) >= 11 is 4.53. The number of halogens is 1. The smallest absolute Gasteiger partial charge is 0.350 e. The molecule has 2 aromatic heterocycles. The maximum atomic E-state index is 11.7. The van der Waals surface area contributed by atoms with Crippen LogP contribution in [0.5, 0.6) is 0 Å². The van der Waals surface area contributed by atoms with Crippen molar-refractivity contribution in [2.75, 3.05) is 6.61 Å². The molecule has 0 radical (unpaired) electrons. The van der Waals surface area contributed by atoms with Gasteiger partial charge in [0.1, 0.15) is 11.5 Å². The van der Waals surface area contributed by atoms with Crippen molar-refractivity contribution in [3.63, 3.8) is 0 Å². The molecule has 0 spiro atoms. The molecule has 2 heterocycles. The van der Waals surface area contributed by atoms with Gasteiger partial charge in [-0.15, -0.1) is 11.3 Å². The van der Waals surface area contributed by atoms with Gasteiger partial charge in [-0.3, -0.25) is 4.79 Å². The van der Waals surface area contributed by atoms with Crippen LogP contribution in [0, 0.1) is 6.92 Å². The molecular weight excluding hydrogens is 332 g/mol. The summed E-state index contributed by atoms with van der Waals surface area (Å²) in [6, 6.07) is 3.13. The van der Waals surface area contributed by atoms with Gasteiger partial charge in [-0.25, -0.2) is 9.78 Å². The summed E-state index contributed by atoms with van der Waals surface area (Å²) in [6.07, 6.45) is 1.66. The van der Waals surface area contributed by atoms with Crippen LogP contribution in [0.4, 0.5) is 0 Å². The third-order valence-electron chi connectivity index (χ3n) is 2.44. The summed E-state index contributed by atoms with van der Waals surface area (Å²) in [5.41, 5.74) is 2.13. The van der Waals surface area contributed by atoms with Gasteiger partial charge in [0.25, 0.3) is 5.56 Å². The van der Waals surface area contributed by atoms with Crippen molar-refractivity contribution in [2.24, 2.45) is 0 Å². The molecule has 2 aromatic rings. The lowest BCUT2D eigenvalue weighted by Crippen LogP contribution is -2.21. The van der Waals surface area contributed by atoms with Crippen LogP contribution >= 0.6 is 27.3 Å². The zero-order chi connectivity index (χ0) is 13.8. The number of thiazole rings is 1. The Morgan fingerprint density at radius 1 is 1.53 bits per heavy atom. The number of hydrogen-bond donors (Lipinski definition) is 0. The predicted octanol–water partition coefficient (Wildman–Crippen LogP) is 2.23. The van der Waals surface area contributed by atoms with Crippen LogP contribution in [0.3, 0.4) is 0 Å². The molecule has 0 aliphatic heterocycles. The fraction of sp³-hybridized carbons (Fsp3) is 0.250. The van der Waals surface area contributed by atoms with E-state index in [4.69, 9.17) is 4.74 Å². The molecule has 7 heteroatoms. The topological polar surface area (TPSA) is 61.2 Å². The molecule has 0 unspecified atom stereocenters. The van der Waals surface area contributed by atoms with E-state index in [1.807, 2.05) is 0 Å². The molecule has 0 aromatic carbocycles. The first-order valence-electron chi connectivity index (χ1n) is 5.51. The number of ether oxygens (including phenoxy) is 1. The minimum Gasteiger partial charge on any atom is -0.460 e. The number of esters is 1. The lowest BCUT2D eigenvalue weighted by Gasteiger charge is -2.06. The first-order valence-corrected chi connectivity index (χ1v) is 7.18. The SMILES string of the molecule is Cc1ncsc1C(=O)OCCn1cc(Br)ccc1=O. The van der Waals surface area contributed by atoms with E-state index in [1.165, 1.54) is 22.0 Å². The lowest BCUT2D eigenvalue weighted by molar-refractivity contribution is 0.0495. The van der Waals surface area contributed by atoms with Gasteiger partial charge in [0.05, 0.1) is 17.7 Å². The maximum absolute atomic E-state index is 11.7. The second-order valence-corrected chi connectivity index (χ2v) is 5.55. The molecule has 0 aliphatic carbocycles. The number of carbonyl (C=O) groups is 1. The standard InChI is InChI=1S/C12H11BrN2O3S/c1-8-11(19-7-14-8)12(17)18-5-4-15-6-9(13)2-3-10(15)16/h2-3,6-7H,4-5H2,1H3. The van der Waals surface area contributed by atoms with Crippen molar-refractivity contribution < 1.29 is 9.53 Å². The molecule has 0 aliphatic rings. The average Bonchev–Trinajstić information content (AvgIpc) is 2.80. The van der Waals surface area contributed by atoms with Crippen LogP contribution in [0.1, 0.15) is 15.4 Å². The lowest BCUT2D eigenvalue weighted by atomic mass is 10.4. The predicted molar refractivity (Wildman–Crippen MR) is 75.5 cm³/mol. The Kier molecular flexibility index (Phi) is 4.49. The summed E-state index contributed by atoms with van der Waals surface area (Å²) < 4.78 is 7.41. The van der Waals surface area contributed by atoms with E-state index in [0.717, 1.165) is 4.47 Å². The first kappa shape index (κ1) is 14.0. The second-order valence-electron chi connectivity index (χ2n) is 3.78. The van der Waals surface area contributed by atoms with Gasteiger partial charge in [-0.2, -0.15) is 0 Å². The van der Waals surface area contributed by atoms with Crippen molar-refractivity contribution in [1.29, 1.82) is 0 Å². The molecule has 5 nitrogen and oxygen atoms in total. The molecule has 2 rings (SSSR count). The molecule has 19 heavy (non-hydrogen) atoms. The molecular formula is C12H11BrN2O3S. The molecule has 0 saturated carbocycles. The maximum Gasteiger partial charge on any atom is 0.350 e. The summed E-state index contributed by atoms with van der Waals surface area (Å²) in [5.74, 6) is -0.400. The number of aryl methyl sites for hydroxylation is 1. The zero-order valence-electron chi connectivity index (χ0n) is 10.1. The molecule has 0 bridgehead atoms. The van der Waals surface area contributed by atoms with Crippen LogP contribution in [0.2, 0.25) is 0 Å². The third-order valence-corrected chi connectivity index (χ3v) is 3.82. The Morgan fingerprint density at radius 2 is 2.32 bits per heavy atom. The summed E-state index contributed by atoms with van der Waals surface area (Å²) in [6.45, 7) is 2.22. The van der Waals surface area contributed by atoms with Gasteiger partial charge >= 0.3 is 5.97 Å². The van der Waals surface area contributed by atoms with E-state index >= 15 is 0 Å². The quantitative estimate of drug-likeness (QED) is 0.799.